The van der Waals surface area contributed by atoms with Crippen LogP contribution in [0, 0.1) is 5.92 Å². The molecule has 13 heteroatoms. The monoisotopic (exact) mass is 581 g/mol. The van der Waals surface area contributed by atoms with Crippen LogP contribution in [-0.2, 0) is 22.9 Å². The van der Waals surface area contributed by atoms with Crippen LogP contribution in [0.15, 0.2) is 35.2 Å². The predicted molar refractivity (Wildman–Crippen MR) is 136 cm³/mol. The number of amides is 1. The fourth-order valence-electron chi connectivity index (χ4n) is 4.27. The lowest BCUT2D eigenvalue weighted by atomic mass is 10.1. The number of halogens is 5. The second kappa shape index (κ2) is 12.2. The maximum Gasteiger partial charge on any atom is 0.573 e. The molecule has 0 spiro atoms. The van der Waals surface area contributed by atoms with Crippen LogP contribution in [0.1, 0.15) is 34.8 Å². The topological polar surface area (TPSA) is 87.7 Å². The van der Waals surface area contributed by atoms with E-state index in [1.807, 2.05) is 11.9 Å². The first-order valence-corrected chi connectivity index (χ1v) is 14.0. The minimum Gasteiger partial charge on any atom is -0.405 e. The number of benzene rings is 2. The minimum atomic E-state index is -4.99. The van der Waals surface area contributed by atoms with Gasteiger partial charge in [0.15, 0.2) is 9.84 Å². The number of alkyl halides is 3. The first-order chi connectivity index (χ1) is 17.3. The molecular formula is C24H28Cl2F3N3O4S. The van der Waals surface area contributed by atoms with Gasteiger partial charge in [-0.3, -0.25) is 9.69 Å². The molecule has 0 aromatic heterocycles. The van der Waals surface area contributed by atoms with Gasteiger partial charge < -0.3 is 15.4 Å². The van der Waals surface area contributed by atoms with Crippen LogP contribution >= 0.6 is 23.2 Å². The van der Waals surface area contributed by atoms with E-state index >= 15 is 0 Å². The summed E-state index contributed by atoms with van der Waals surface area (Å²) in [5, 5.41) is 5.86. The van der Waals surface area contributed by atoms with Crippen LogP contribution < -0.4 is 15.4 Å². The third-order valence-corrected chi connectivity index (χ3v) is 8.46. The number of nitrogens with zero attached hydrogens (tertiary/aromatic N) is 1. The number of ether oxygens (including phenoxy) is 1. The first-order valence-electron chi connectivity index (χ1n) is 11.6. The summed E-state index contributed by atoms with van der Waals surface area (Å²) in [6.07, 6.45) is -4.09. The second-order valence-corrected chi connectivity index (χ2v) is 11.9. The standard InChI is InChI=1S/C24H28Cl2F3N3O4S/c1-3-37(34,35)22-5-4-18(25)8-17(22)12-31-23(33)16-9-20(26)19(21(10-16)36-24(27,28)29)14-32-7-6-15(13-32)11-30-2/h4-5,8-10,15,30H,3,6-7,11-14H2,1-2H3,(H,31,33)/t15-/m1/s1. The van der Waals surface area contributed by atoms with Crippen LogP contribution in [0.2, 0.25) is 10.0 Å². The molecule has 1 atom stereocenters. The third kappa shape index (κ3) is 7.97. The highest BCUT2D eigenvalue weighted by molar-refractivity contribution is 7.91. The van der Waals surface area contributed by atoms with Crippen LogP contribution in [-0.4, -0.2) is 58.0 Å². The Labute approximate surface area is 224 Å². The lowest BCUT2D eigenvalue weighted by Crippen LogP contribution is -2.27. The smallest absolute Gasteiger partial charge is 0.405 e. The van der Waals surface area contributed by atoms with Crippen molar-refractivity contribution in [2.75, 3.05) is 32.4 Å². The minimum absolute atomic E-state index is 0.0105. The Hall–Kier alpha value is -2.05. The van der Waals surface area contributed by atoms with Gasteiger partial charge in [0.2, 0.25) is 0 Å². The Morgan fingerprint density at radius 3 is 2.59 bits per heavy atom. The molecule has 0 unspecified atom stereocenters. The highest BCUT2D eigenvalue weighted by Crippen LogP contribution is 2.35. The molecule has 1 fully saturated rings. The van der Waals surface area contributed by atoms with Crippen molar-refractivity contribution >= 4 is 38.9 Å². The van der Waals surface area contributed by atoms with Gasteiger partial charge in [-0.25, -0.2) is 8.42 Å². The largest absolute Gasteiger partial charge is 0.573 e. The van der Waals surface area contributed by atoms with Gasteiger partial charge in [0, 0.05) is 40.8 Å². The Bertz CT molecular complexity index is 1240. The van der Waals surface area contributed by atoms with Crippen molar-refractivity contribution in [1.82, 2.24) is 15.5 Å². The molecule has 1 aliphatic rings. The third-order valence-electron chi connectivity index (χ3n) is 6.06. The maximum atomic E-state index is 13.2. The van der Waals surface area contributed by atoms with E-state index in [4.69, 9.17) is 23.2 Å². The van der Waals surface area contributed by atoms with Crippen LogP contribution in [0.3, 0.4) is 0 Å². The van der Waals surface area contributed by atoms with Gasteiger partial charge in [-0.1, -0.05) is 30.1 Å². The van der Waals surface area contributed by atoms with Gasteiger partial charge in [-0.2, -0.15) is 0 Å². The number of likely N-dealkylation sites (tertiary alicyclic amines) is 1. The van der Waals surface area contributed by atoms with Gasteiger partial charge in [-0.15, -0.1) is 13.2 Å². The normalized spacial score (nSPS) is 16.7. The molecule has 1 aliphatic heterocycles. The SMILES string of the molecule is CCS(=O)(=O)c1ccc(Cl)cc1CNC(=O)c1cc(Cl)c(CN2CC[C@H](CNC)C2)c(OC(F)(F)F)c1. The molecule has 7 nitrogen and oxygen atoms in total. The number of carbonyl (C=O) groups excluding carboxylic acids is 1. The average Bonchev–Trinajstić information content (AvgIpc) is 3.25. The second-order valence-electron chi connectivity index (χ2n) is 8.77. The molecule has 1 saturated heterocycles. The van der Waals surface area contributed by atoms with Crippen LogP contribution in [0.25, 0.3) is 0 Å². The molecule has 0 aliphatic carbocycles. The van der Waals surface area contributed by atoms with E-state index in [1.165, 1.54) is 31.2 Å². The summed E-state index contributed by atoms with van der Waals surface area (Å²) in [6.45, 7) is 3.58. The molecule has 204 valence electrons. The molecule has 1 amide bonds. The van der Waals surface area contributed by atoms with E-state index < -0.39 is 27.9 Å². The lowest BCUT2D eigenvalue weighted by Gasteiger charge is -2.21. The molecule has 0 saturated carbocycles. The van der Waals surface area contributed by atoms with Gasteiger partial charge in [0.05, 0.1) is 10.6 Å². The quantitative estimate of drug-likeness (QED) is 0.424. The van der Waals surface area contributed by atoms with Crippen molar-refractivity contribution in [3.8, 4) is 5.75 Å². The summed E-state index contributed by atoms with van der Waals surface area (Å²) in [5.74, 6) is -1.10. The van der Waals surface area contributed by atoms with E-state index in [9.17, 15) is 26.4 Å². The van der Waals surface area contributed by atoms with Crippen LogP contribution in [0.5, 0.6) is 5.75 Å². The summed E-state index contributed by atoms with van der Waals surface area (Å²) in [6, 6.07) is 6.46. The predicted octanol–water partition coefficient (Wildman–Crippen LogP) is 4.66. The summed E-state index contributed by atoms with van der Waals surface area (Å²) in [7, 11) is -1.76. The number of hydrogen-bond acceptors (Lipinski definition) is 6. The zero-order valence-electron chi connectivity index (χ0n) is 20.3. The molecule has 37 heavy (non-hydrogen) atoms. The number of rotatable bonds is 10. The number of hydrogen-bond donors (Lipinski definition) is 2. The fourth-order valence-corrected chi connectivity index (χ4v) is 5.85. The van der Waals surface area contributed by atoms with Gasteiger partial charge in [0.1, 0.15) is 5.75 Å². The Morgan fingerprint density at radius 1 is 1.22 bits per heavy atom. The summed E-state index contributed by atoms with van der Waals surface area (Å²) in [4.78, 5) is 14.9. The zero-order chi connectivity index (χ0) is 27.4. The van der Waals surface area contributed by atoms with Crippen molar-refractivity contribution in [3.05, 3.63) is 57.1 Å². The number of carbonyl (C=O) groups is 1. The zero-order valence-corrected chi connectivity index (χ0v) is 22.6. The Kier molecular flexibility index (Phi) is 9.73. The van der Waals surface area contributed by atoms with Crippen molar-refractivity contribution in [2.45, 2.75) is 37.7 Å². The van der Waals surface area contributed by atoms with E-state index in [0.717, 1.165) is 19.0 Å². The summed E-state index contributed by atoms with van der Waals surface area (Å²) < 4.78 is 68.7. The van der Waals surface area contributed by atoms with E-state index in [1.54, 1.807) is 0 Å². The van der Waals surface area contributed by atoms with Crippen molar-refractivity contribution in [3.63, 3.8) is 0 Å². The maximum absolute atomic E-state index is 13.2. The van der Waals surface area contributed by atoms with Crippen LogP contribution in [0.4, 0.5) is 13.2 Å². The molecule has 0 bridgehead atoms. The van der Waals surface area contributed by atoms with E-state index in [0.29, 0.717) is 19.0 Å². The molecule has 2 aromatic carbocycles. The summed E-state index contributed by atoms with van der Waals surface area (Å²) >= 11 is 12.4. The molecule has 0 radical (unpaired) electrons. The highest BCUT2D eigenvalue weighted by Gasteiger charge is 2.34. The van der Waals surface area contributed by atoms with Gasteiger partial charge in [0.25, 0.3) is 5.91 Å². The van der Waals surface area contributed by atoms with Gasteiger partial charge in [-0.05, 0) is 68.4 Å². The van der Waals surface area contributed by atoms with Crippen molar-refractivity contribution in [2.24, 2.45) is 5.92 Å². The first kappa shape index (κ1) is 29.5. The fraction of sp³-hybridized carbons (Fsp3) is 0.458. The molecule has 3 rings (SSSR count). The highest BCUT2D eigenvalue weighted by atomic mass is 35.5. The Balaban J connectivity index is 1.84. The molecule has 2 N–H and O–H groups in total. The summed E-state index contributed by atoms with van der Waals surface area (Å²) in [5.41, 5.74) is 0.221. The van der Waals surface area contributed by atoms with Gasteiger partial charge >= 0.3 is 6.36 Å². The van der Waals surface area contributed by atoms with E-state index in [2.05, 4.69) is 15.4 Å². The average molecular weight is 582 g/mol. The number of sulfone groups is 1. The molecule has 2 aromatic rings. The van der Waals surface area contributed by atoms with E-state index in [-0.39, 0.29) is 50.5 Å². The lowest BCUT2D eigenvalue weighted by molar-refractivity contribution is -0.275. The molecular weight excluding hydrogens is 554 g/mol. The Morgan fingerprint density at radius 2 is 1.95 bits per heavy atom. The number of nitrogens with one attached hydrogen (secondary N) is 2. The van der Waals surface area contributed by atoms with Crippen molar-refractivity contribution < 1.29 is 31.1 Å². The van der Waals surface area contributed by atoms with Crippen molar-refractivity contribution in [1.29, 1.82) is 0 Å². The molecule has 1 heterocycles.